The molecule has 2 aromatic rings. The third kappa shape index (κ3) is 3.21. The van der Waals surface area contributed by atoms with E-state index >= 15 is 0 Å². The number of nitrogens with zero attached hydrogens (tertiary/aromatic N) is 3. The maximum atomic E-state index is 11.7. The number of H-pyrrole nitrogens is 1. The second-order valence-corrected chi connectivity index (χ2v) is 3.57. The Morgan fingerprint density at radius 2 is 1.94 bits per heavy atom. The third-order valence-corrected chi connectivity index (χ3v) is 2.27. The molecule has 0 saturated heterocycles. The minimum Gasteiger partial charge on any atom is -0.294 e. The Labute approximate surface area is 103 Å². The molecule has 0 saturated carbocycles. The first-order chi connectivity index (χ1) is 8.75. The largest absolute Gasteiger partial charge is 0.294 e. The number of nitrogens with one attached hydrogen (secondary N) is 2. The summed E-state index contributed by atoms with van der Waals surface area (Å²) < 4.78 is 0. The molecule has 0 aliphatic rings. The summed E-state index contributed by atoms with van der Waals surface area (Å²) in [6.45, 7) is 0. The average molecular weight is 245 g/mol. The van der Waals surface area contributed by atoms with Gasteiger partial charge in [-0.15, -0.1) is 5.10 Å². The van der Waals surface area contributed by atoms with Crippen LogP contribution in [0.25, 0.3) is 0 Å². The number of hydrogen-bond acceptors (Lipinski definition) is 5. The molecule has 7 heteroatoms. The van der Waals surface area contributed by atoms with Gasteiger partial charge in [0.1, 0.15) is 0 Å². The van der Waals surface area contributed by atoms with E-state index in [1.54, 1.807) is 24.3 Å². The average Bonchev–Trinajstić information content (AvgIpc) is 2.90. The summed E-state index contributed by atoms with van der Waals surface area (Å²) in [6.07, 6.45) is 0.232. The molecular weight excluding hydrogens is 234 g/mol. The highest BCUT2D eigenvalue weighted by atomic mass is 16.2. The van der Waals surface area contributed by atoms with E-state index in [0.29, 0.717) is 5.56 Å². The van der Waals surface area contributed by atoms with E-state index in [1.807, 2.05) is 6.07 Å². The van der Waals surface area contributed by atoms with E-state index in [-0.39, 0.29) is 30.5 Å². The zero-order valence-electron chi connectivity index (χ0n) is 9.46. The van der Waals surface area contributed by atoms with Gasteiger partial charge in [0.2, 0.25) is 5.91 Å². The Balaban J connectivity index is 1.81. The summed E-state index contributed by atoms with van der Waals surface area (Å²) >= 11 is 0. The second kappa shape index (κ2) is 5.67. The van der Waals surface area contributed by atoms with Crippen molar-refractivity contribution in [3.63, 3.8) is 0 Å². The van der Waals surface area contributed by atoms with Gasteiger partial charge in [0.15, 0.2) is 5.78 Å². The monoisotopic (exact) mass is 245 g/mol. The smallest absolute Gasteiger partial charge is 0.269 e. The summed E-state index contributed by atoms with van der Waals surface area (Å²) in [7, 11) is 0. The van der Waals surface area contributed by atoms with Crippen molar-refractivity contribution >= 4 is 17.6 Å². The number of amides is 1. The van der Waals surface area contributed by atoms with Crippen LogP contribution in [0.4, 0.5) is 5.95 Å². The van der Waals surface area contributed by atoms with Crippen molar-refractivity contribution in [2.24, 2.45) is 0 Å². The number of hydrogen-bond donors (Lipinski definition) is 2. The Bertz CT molecular complexity index is 524. The first-order valence-electron chi connectivity index (χ1n) is 5.37. The number of carbonyl (C=O) groups excluding carboxylic acids is 2. The lowest BCUT2D eigenvalue weighted by molar-refractivity contribution is -0.116. The number of rotatable bonds is 5. The number of anilines is 1. The van der Waals surface area contributed by atoms with E-state index < -0.39 is 0 Å². The maximum absolute atomic E-state index is 11.7. The van der Waals surface area contributed by atoms with E-state index in [2.05, 4.69) is 25.9 Å². The molecule has 0 unspecified atom stereocenters. The van der Waals surface area contributed by atoms with Crippen LogP contribution in [0.1, 0.15) is 23.2 Å². The maximum Gasteiger partial charge on any atom is 0.269 e. The highest BCUT2D eigenvalue weighted by Gasteiger charge is 2.10. The lowest BCUT2D eigenvalue weighted by atomic mass is 10.1. The molecule has 0 spiro atoms. The molecule has 2 rings (SSSR count). The molecule has 0 radical (unpaired) electrons. The normalized spacial score (nSPS) is 10.0. The first kappa shape index (κ1) is 11.9. The lowest BCUT2D eigenvalue weighted by Crippen LogP contribution is -2.14. The lowest BCUT2D eigenvalue weighted by Gasteiger charge is -2.01. The molecule has 1 amide bonds. The van der Waals surface area contributed by atoms with Crippen LogP contribution in [-0.4, -0.2) is 32.3 Å². The van der Waals surface area contributed by atoms with Gasteiger partial charge in [0.25, 0.3) is 5.95 Å². The van der Waals surface area contributed by atoms with Crippen molar-refractivity contribution in [3.05, 3.63) is 35.9 Å². The quantitative estimate of drug-likeness (QED) is 0.759. The van der Waals surface area contributed by atoms with Gasteiger partial charge in [-0.25, -0.2) is 0 Å². The highest BCUT2D eigenvalue weighted by Crippen LogP contribution is 2.05. The van der Waals surface area contributed by atoms with Crippen molar-refractivity contribution in [1.29, 1.82) is 0 Å². The molecule has 92 valence electrons. The fraction of sp³-hybridized carbons (Fsp3) is 0.182. The van der Waals surface area contributed by atoms with Gasteiger partial charge < -0.3 is 0 Å². The van der Waals surface area contributed by atoms with Crippen LogP contribution in [0, 0.1) is 0 Å². The zero-order chi connectivity index (χ0) is 12.8. The van der Waals surface area contributed by atoms with Gasteiger partial charge in [-0.1, -0.05) is 35.4 Å². The Morgan fingerprint density at radius 3 is 2.61 bits per heavy atom. The molecule has 1 heterocycles. The van der Waals surface area contributed by atoms with Gasteiger partial charge in [-0.05, 0) is 5.21 Å². The van der Waals surface area contributed by atoms with Crippen LogP contribution in [0.15, 0.2) is 30.3 Å². The number of ketones is 1. The van der Waals surface area contributed by atoms with Crippen molar-refractivity contribution in [2.75, 3.05) is 5.32 Å². The number of aromatic nitrogens is 4. The van der Waals surface area contributed by atoms with Gasteiger partial charge >= 0.3 is 0 Å². The molecule has 1 aromatic carbocycles. The first-order valence-corrected chi connectivity index (χ1v) is 5.37. The van der Waals surface area contributed by atoms with Crippen LogP contribution >= 0.6 is 0 Å². The minimum absolute atomic E-state index is 0.0705. The van der Waals surface area contributed by atoms with Crippen LogP contribution in [0.5, 0.6) is 0 Å². The molecule has 1 aromatic heterocycles. The minimum atomic E-state index is -0.319. The van der Waals surface area contributed by atoms with Gasteiger partial charge in [0, 0.05) is 18.4 Å². The summed E-state index contributed by atoms with van der Waals surface area (Å²) in [5.41, 5.74) is 0.602. The summed E-state index contributed by atoms with van der Waals surface area (Å²) in [6, 6.07) is 8.85. The van der Waals surface area contributed by atoms with Crippen LogP contribution in [0.2, 0.25) is 0 Å². The standard InChI is InChI=1S/C11H11N5O2/c17-9(8-4-2-1-3-5-8)6-7-10(18)12-11-13-15-16-14-11/h1-5H,6-7H2,(H2,12,13,14,15,16,18). The number of Topliss-reactive ketones (excluding diaryl/α,β-unsaturated/α-hetero) is 1. The number of tetrazole rings is 1. The topological polar surface area (TPSA) is 101 Å². The third-order valence-electron chi connectivity index (χ3n) is 2.27. The van der Waals surface area contributed by atoms with Crippen molar-refractivity contribution in [1.82, 2.24) is 20.6 Å². The molecule has 0 fully saturated rings. The highest BCUT2D eigenvalue weighted by molar-refractivity contribution is 5.99. The molecule has 0 bridgehead atoms. The van der Waals surface area contributed by atoms with Gasteiger partial charge in [-0.2, -0.15) is 5.21 Å². The van der Waals surface area contributed by atoms with E-state index in [0.717, 1.165) is 0 Å². The summed E-state index contributed by atoms with van der Waals surface area (Å²) in [5, 5.41) is 15.1. The van der Waals surface area contributed by atoms with Crippen LogP contribution in [0.3, 0.4) is 0 Å². The summed E-state index contributed by atoms with van der Waals surface area (Å²) in [5.74, 6) is -0.285. The molecule has 18 heavy (non-hydrogen) atoms. The molecule has 0 atom stereocenters. The van der Waals surface area contributed by atoms with Crippen LogP contribution < -0.4 is 5.32 Å². The SMILES string of the molecule is O=C(CCC(=O)c1ccccc1)Nc1nn[nH]n1. The summed E-state index contributed by atoms with van der Waals surface area (Å²) in [4.78, 5) is 23.2. The van der Waals surface area contributed by atoms with E-state index in [4.69, 9.17) is 0 Å². The predicted molar refractivity (Wildman–Crippen MR) is 62.8 cm³/mol. The van der Waals surface area contributed by atoms with Crippen molar-refractivity contribution in [3.8, 4) is 0 Å². The zero-order valence-corrected chi connectivity index (χ0v) is 9.46. The van der Waals surface area contributed by atoms with Crippen molar-refractivity contribution < 1.29 is 9.59 Å². The van der Waals surface area contributed by atoms with Gasteiger partial charge in [0.05, 0.1) is 0 Å². The van der Waals surface area contributed by atoms with Crippen molar-refractivity contribution in [2.45, 2.75) is 12.8 Å². The molecule has 0 aliphatic heterocycles. The second-order valence-electron chi connectivity index (χ2n) is 3.57. The molecule has 0 aliphatic carbocycles. The molecule has 2 N–H and O–H groups in total. The fourth-order valence-electron chi connectivity index (χ4n) is 1.40. The van der Waals surface area contributed by atoms with E-state index in [9.17, 15) is 9.59 Å². The fourth-order valence-corrected chi connectivity index (χ4v) is 1.40. The number of carbonyl (C=O) groups is 2. The van der Waals surface area contributed by atoms with Gasteiger partial charge in [-0.3, -0.25) is 14.9 Å². The molecule has 7 nitrogen and oxygen atoms in total. The Hall–Kier alpha value is -2.57. The Morgan fingerprint density at radius 1 is 1.17 bits per heavy atom. The number of aromatic amines is 1. The molecular formula is C11H11N5O2. The predicted octanol–water partition coefficient (Wildman–Crippen LogP) is 0.801. The van der Waals surface area contributed by atoms with E-state index in [1.165, 1.54) is 0 Å². The number of benzene rings is 1. The van der Waals surface area contributed by atoms with Crippen LogP contribution in [-0.2, 0) is 4.79 Å². The Kier molecular flexibility index (Phi) is 3.75.